The van der Waals surface area contributed by atoms with E-state index in [4.69, 9.17) is 0 Å². The number of aromatic nitrogens is 3. The van der Waals surface area contributed by atoms with Gasteiger partial charge in [0.25, 0.3) is 0 Å². The van der Waals surface area contributed by atoms with E-state index in [1.807, 2.05) is 13.8 Å². The van der Waals surface area contributed by atoms with E-state index in [1.165, 1.54) is 22.2 Å². The smallest absolute Gasteiger partial charge is 0.305 e. The van der Waals surface area contributed by atoms with Crippen molar-refractivity contribution in [3.63, 3.8) is 0 Å². The van der Waals surface area contributed by atoms with Crippen LogP contribution in [0.4, 0.5) is 19.9 Å². The minimum Gasteiger partial charge on any atom is -0.305 e. The molecule has 0 bridgehead atoms. The van der Waals surface area contributed by atoms with Gasteiger partial charge in [-0.05, 0) is 13.3 Å². The van der Waals surface area contributed by atoms with E-state index >= 15 is 0 Å². The van der Waals surface area contributed by atoms with Gasteiger partial charge in [-0.25, -0.2) is 14.2 Å². The highest BCUT2D eigenvalue weighted by molar-refractivity contribution is 7.16. The average molecular weight is 297 g/mol. The molecule has 0 saturated carbocycles. The van der Waals surface area contributed by atoms with Gasteiger partial charge in [-0.1, -0.05) is 6.92 Å². The molecule has 0 aromatic carbocycles. The Morgan fingerprint density at radius 1 is 1.50 bits per heavy atom. The fraction of sp³-hybridized carbons (Fsp3) is 0.417. The van der Waals surface area contributed by atoms with Crippen molar-refractivity contribution in [1.82, 2.24) is 14.8 Å². The van der Waals surface area contributed by atoms with Crippen molar-refractivity contribution < 1.29 is 9.18 Å². The Labute approximate surface area is 120 Å². The monoisotopic (exact) mass is 297 g/mol. The number of nitrogens with one attached hydrogen (secondary N) is 2. The third-order valence-electron chi connectivity index (χ3n) is 2.58. The molecule has 108 valence electrons. The van der Waals surface area contributed by atoms with Crippen LogP contribution >= 0.6 is 11.3 Å². The molecule has 0 fully saturated rings. The number of urea groups is 1. The van der Waals surface area contributed by atoms with Crippen LogP contribution in [0.5, 0.6) is 0 Å². The van der Waals surface area contributed by atoms with Crippen LogP contribution in [0.25, 0.3) is 0 Å². The molecular weight excluding hydrogens is 281 g/mol. The molecule has 0 unspecified atom stereocenters. The summed E-state index contributed by atoms with van der Waals surface area (Å²) in [7, 11) is 0. The standard InChI is InChI=1S/C12H16FN5OS/c1-3-10-15-8(2)11(20-10)17-12(19)16-9-6-14-18(7-9)5-4-13/h6-7H,3-5H2,1-2H3,(H2,16,17,19). The zero-order valence-corrected chi connectivity index (χ0v) is 12.1. The molecule has 0 aliphatic carbocycles. The number of amides is 2. The fourth-order valence-electron chi connectivity index (χ4n) is 1.62. The normalized spacial score (nSPS) is 10.6. The van der Waals surface area contributed by atoms with Gasteiger partial charge in [0.15, 0.2) is 0 Å². The van der Waals surface area contributed by atoms with E-state index in [1.54, 1.807) is 6.20 Å². The second kappa shape index (κ2) is 6.47. The molecule has 2 aromatic heterocycles. The predicted octanol–water partition coefficient (Wildman–Crippen LogP) is 2.82. The number of hydrogen-bond acceptors (Lipinski definition) is 4. The number of alkyl halides is 1. The highest BCUT2D eigenvalue weighted by Crippen LogP contribution is 2.24. The van der Waals surface area contributed by atoms with Gasteiger partial charge >= 0.3 is 6.03 Å². The second-order valence-corrected chi connectivity index (χ2v) is 5.22. The number of thiazole rings is 1. The lowest BCUT2D eigenvalue weighted by Crippen LogP contribution is -2.19. The molecule has 2 amide bonds. The minimum absolute atomic E-state index is 0.178. The third-order valence-corrected chi connectivity index (χ3v) is 3.79. The molecule has 20 heavy (non-hydrogen) atoms. The van der Waals surface area contributed by atoms with Crippen molar-refractivity contribution in [1.29, 1.82) is 0 Å². The molecular formula is C12H16FN5OS. The molecule has 0 spiro atoms. The molecule has 2 aromatic rings. The van der Waals surface area contributed by atoms with Crippen LogP contribution < -0.4 is 10.6 Å². The predicted molar refractivity (Wildman–Crippen MR) is 77.1 cm³/mol. The van der Waals surface area contributed by atoms with Gasteiger partial charge in [0.1, 0.15) is 11.7 Å². The summed E-state index contributed by atoms with van der Waals surface area (Å²) in [5.74, 6) is 0. The lowest BCUT2D eigenvalue weighted by atomic mass is 10.5. The SMILES string of the molecule is CCc1nc(C)c(NC(=O)Nc2cnn(CCF)c2)s1. The highest BCUT2D eigenvalue weighted by Gasteiger charge is 2.10. The molecule has 0 saturated heterocycles. The number of anilines is 2. The van der Waals surface area contributed by atoms with E-state index in [9.17, 15) is 9.18 Å². The summed E-state index contributed by atoms with van der Waals surface area (Å²) < 4.78 is 13.6. The van der Waals surface area contributed by atoms with Crippen molar-refractivity contribution in [3.05, 3.63) is 23.1 Å². The summed E-state index contributed by atoms with van der Waals surface area (Å²) in [5, 5.41) is 11.0. The Kier molecular flexibility index (Phi) is 4.67. The number of carbonyl (C=O) groups is 1. The zero-order chi connectivity index (χ0) is 14.5. The molecule has 0 atom stereocenters. The van der Waals surface area contributed by atoms with E-state index in [-0.39, 0.29) is 12.6 Å². The summed E-state index contributed by atoms with van der Waals surface area (Å²) in [4.78, 5) is 16.2. The van der Waals surface area contributed by atoms with Gasteiger partial charge in [-0.2, -0.15) is 5.10 Å². The van der Waals surface area contributed by atoms with Gasteiger partial charge in [0.05, 0.1) is 29.1 Å². The van der Waals surface area contributed by atoms with Gasteiger partial charge in [0, 0.05) is 6.20 Å². The Morgan fingerprint density at radius 2 is 2.30 bits per heavy atom. The van der Waals surface area contributed by atoms with Crippen molar-refractivity contribution in [2.24, 2.45) is 0 Å². The summed E-state index contributed by atoms with van der Waals surface area (Å²) >= 11 is 1.46. The number of halogens is 1. The van der Waals surface area contributed by atoms with Crippen LogP contribution in [0, 0.1) is 6.92 Å². The summed E-state index contributed by atoms with van der Waals surface area (Å²) in [6.45, 7) is 3.55. The van der Waals surface area contributed by atoms with Crippen LogP contribution in [-0.4, -0.2) is 27.5 Å². The third kappa shape index (κ3) is 3.53. The topological polar surface area (TPSA) is 71.8 Å². The molecule has 0 aliphatic heterocycles. The Morgan fingerprint density at radius 3 is 2.95 bits per heavy atom. The van der Waals surface area contributed by atoms with E-state index < -0.39 is 6.67 Å². The van der Waals surface area contributed by atoms with Gasteiger partial charge in [-0.15, -0.1) is 11.3 Å². The van der Waals surface area contributed by atoms with Crippen LogP contribution in [0.2, 0.25) is 0 Å². The van der Waals surface area contributed by atoms with Gasteiger partial charge in [-0.3, -0.25) is 10.00 Å². The van der Waals surface area contributed by atoms with Crippen LogP contribution in [0.1, 0.15) is 17.6 Å². The number of hydrogen-bond donors (Lipinski definition) is 2. The first-order chi connectivity index (χ1) is 9.62. The Balaban J connectivity index is 1.95. The second-order valence-electron chi connectivity index (χ2n) is 4.14. The molecule has 2 heterocycles. The Hall–Kier alpha value is -1.96. The van der Waals surface area contributed by atoms with E-state index in [0.717, 1.165) is 22.1 Å². The maximum atomic E-state index is 12.2. The quantitative estimate of drug-likeness (QED) is 0.891. The lowest BCUT2D eigenvalue weighted by molar-refractivity contribution is 0.262. The lowest BCUT2D eigenvalue weighted by Gasteiger charge is -2.03. The number of aryl methyl sites for hydroxylation is 3. The maximum absolute atomic E-state index is 12.2. The first-order valence-corrected chi connectivity index (χ1v) is 7.06. The first kappa shape index (κ1) is 14.4. The summed E-state index contributed by atoms with van der Waals surface area (Å²) in [5.41, 5.74) is 1.32. The molecule has 2 rings (SSSR count). The molecule has 8 heteroatoms. The highest BCUT2D eigenvalue weighted by atomic mass is 32.1. The molecule has 2 N–H and O–H groups in total. The first-order valence-electron chi connectivity index (χ1n) is 6.25. The van der Waals surface area contributed by atoms with E-state index in [0.29, 0.717) is 5.69 Å². The van der Waals surface area contributed by atoms with Crippen molar-refractivity contribution in [2.45, 2.75) is 26.8 Å². The average Bonchev–Trinajstić information content (AvgIpc) is 2.98. The summed E-state index contributed by atoms with van der Waals surface area (Å²) in [6, 6.07) is -0.362. The fourth-order valence-corrected chi connectivity index (χ4v) is 2.52. The van der Waals surface area contributed by atoms with Crippen LogP contribution in [0.15, 0.2) is 12.4 Å². The molecule has 0 radical (unpaired) electrons. The van der Waals surface area contributed by atoms with E-state index in [2.05, 4.69) is 20.7 Å². The molecule has 0 aliphatic rings. The number of rotatable bonds is 5. The Bertz CT molecular complexity index is 594. The van der Waals surface area contributed by atoms with Gasteiger partial charge < -0.3 is 5.32 Å². The van der Waals surface area contributed by atoms with Crippen molar-refractivity contribution in [3.8, 4) is 0 Å². The van der Waals surface area contributed by atoms with Crippen LogP contribution in [0.3, 0.4) is 0 Å². The van der Waals surface area contributed by atoms with Crippen molar-refractivity contribution in [2.75, 3.05) is 17.3 Å². The molecule has 6 nitrogen and oxygen atoms in total. The van der Waals surface area contributed by atoms with Gasteiger partial charge in [0.2, 0.25) is 0 Å². The largest absolute Gasteiger partial charge is 0.324 e. The maximum Gasteiger partial charge on any atom is 0.324 e. The minimum atomic E-state index is -0.493. The van der Waals surface area contributed by atoms with Crippen LogP contribution in [-0.2, 0) is 13.0 Å². The number of nitrogens with zero attached hydrogens (tertiary/aromatic N) is 3. The zero-order valence-electron chi connectivity index (χ0n) is 11.3. The summed E-state index contributed by atoms with van der Waals surface area (Å²) in [6.07, 6.45) is 3.90. The van der Waals surface area contributed by atoms with Crippen molar-refractivity contribution >= 4 is 28.1 Å². The number of carbonyl (C=O) groups excluding carboxylic acids is 1.